The summed E-state index contributed by atoms with van der Waals surface area (Å²) >= 11 is 0. The Balaban J connectivity index is 2.31. The second-order valence-corrected chi connectivity index (χ2v) is 7.10. The first-order chi connectivity index (χ1) is 9.94. The average molecular weight is 308 g/mol. The number of aromatic nitrogens is 1. The van der Waals surface area contributed by atoms with Gasteiger partial charge >= 0.3 is 5.97 Å². The van der Waals surface area contributed by atoms with Crippen LogP contribution in [0.15, 0.2) is 24.4 Å². The van der Waals surface area contributed by atoms with Crippen molar-refractivity contribution in [3.05, 3.63) is 30.0 Å². The quantitative estimate of drug-likeness (QED) is 0.930. The third-order valence-corrected chi connectivity index (χ3v) is 5.51. The topological polar surface area (TPSA) is 79.6 Å². The summed E-state index contributed by atoms with van der Waals surface area (Å²) in [7, 11) is -3.63. The summed E-state index contributed by atoms with van der Waals surface area (Å²) in [6, 6.07) is 5.39. The van der Waals surface area contributed by atoms with Crippen LogP contribution in [-0.2, 0) is 27.8 Å². The largest absolute Gasteiger partial charge is 0.480 e. The highest BCUT2D eigenvalue weighted by Gasteiger charge is 2.30. The van der Waals surface area contributed by atoms with E-state index in [1.165, 1.54) is 0 Å². The van der Waals surface area contributed by atoms with Gasteiger partial charge in [-0.3, -0.25) is 9.10 Å². The molecule has 1 aliphatic rings. The lowest BCUT2D eigenvalue weighted by molar-refractivity contribution is -0.135. The maximum Gasteiger partial charge on any atom is 0.324 e. The molecule has 112 valence electrons. The average Bonchev–Trinajstić information content (AvgIpc) is 2.76. The van der Waals surface area contributed by atoms with E-state index < -0.39 is 22.5 Å². The predicted octanol–water partition coefficient (Wildman–Crippen LogP) is 1.44. The van der Waals surface area contributed by atoms with Crippen LogP contribution in [0.4, 0.5) is 5.69 Å². The normalized spacial score (nSPS) is 16.9. The van der Waals surface area contributed by atoms with Crippen LogP contribution >= 0.6 is 0 Å². The number of sulfonamides is 1. The molecular weight excluding hydrogens is 292 g/mol. The van der Waals surface area contributed by atoms with Gasteiger partial charge in [0.15, 0.2) is 0 Å². The molecule has 6 nitrogen and oxygen atoms in total. The van der Waals surface area contributed by atoms with Crippen LogP contribution in [0.5, 0.6) is 0 Å². The molecule has 2 aromatic rings. The predicted molar refractivity (Wildman–Crippen MR) is 80.1 cm³/mol. The van der Waals surface area contributed by atoms with Gasteiger partial charge in [-0.05, 0) is 18.1 Å². The molecule has 0 atom stereocenters. The van der Waals surface area contributed by atoms with Gasteiger partial charge in [0.25, 0.3) is 0 Å². The summed E-state index contributed by atoms with van der Waals surface area (Å²) < 4.78 is 27.6. The summed E-state index contributed by atoms with van der Waals surface area (Å²) in [5.41, 5.74) is 2.39. The van der Waals surface area contributed by atoms with E-state index in [1.54, 1.807) is 12.1 Å². The minimum atomic E-state index is -3.63. The molecule has 21 heavy (non-hydrogen) atoms. The molecule has 0 unspecified atom stereocenters. The molecule has 0 spiro atoms. The molecule has 1 aliphatic heterocycles. The van der Waals surface area contributed by atoms with Crippen molar-refractivity contribution in [3.63, 3.8) is 0 Å². The first-order valence-corrected chi connectivity index (χ1v) is 8.38. The van der Waals surface area contributed by atoms with Crippen molar-refractivity contribution in [2.24, 2.45) is 0 Å². The Hall–Kier alpha value is -2.02. The summed E-state index contributed by atoms with van der Waals surface area (Å²) in [5, 5.41) is 10.0. The van der Waals surface area contributed by atoms with Crippen molar-refractivity contribution in [1.29, 1.82) is 0 Å². The van der Waals surface area contributed by atoms with E-state index in [4.69, 9.17) is 5.11 Å². The third kappa shape index (κ3) is 2.17. The number of hydrogen-bond acceptors (Lipinski definition) is 3. The van der Waals surface area contributed by atoms with Crippen LogP contribution in [0.1, 0.15) is 12.5 Å². The van der Waals surface area contributed by atoms with Gasteiger partial charge < -0.3 is 9.67 Å². The second-order valence-electron chi connectivity index (χ2n) is 5.09. The minimum absolute atomic E-state index is 0.0953. The van der Waals surface area contributed by atoms with Crippen LogP contribution in [0.2, 0.25) is 0 Å². The number of carbonyl (C=O) groups is 1. The van der Waals surface area contributed by atoms with Gasteiger partial charge in [0.1, 0.15) is 6.54 Å². The lowest BCUT2D eigenvalue weighted by atomic mass is 10.1. The number of anilines is 1. The van der Waals surface area contributed by atoms with Crippen LogP contribution in [0.3, 0.4) is 0 Å². The first kappa shape index (κ1) is 13.9. The molecule has 0 aliphatic carbocycles. The Kier molecular flexibility index (Phi) is 3.16. The van der Waals surface area contributed by atoms with E-state index in [0.29, 0.717) is 12.2 Å². The molecule has 1 aromatic heterocycles. The van der Waals surface area contributed by atoms with Crippen LogP contribution in [0, 0.1) is 0 Å². The zero-order valence-corrected chi connectivity index (χ0v) is 12.4. The number of para-hydroxylation sites is 1. The molecular formula is C14H16N2O4S. The van der Waals surface area contributed by atoms with Gasteiger partial charge in [-0.1, -0.05) is 19.1 Å². The van der Waals surface area contributed by atoms with E-state index in [1.807, 2.05) is 23.8 Å². The van der Waals surface area contributed by atoms with Gasteiger partial charge in [-0.25, -0.2) is 8.42 Å². The SMILES string of the molecule is CCc1cn2c3c(cccc13)N(CC(=O)O)S(=O)(=O)CC2. The molecule has 1 aromatic carbocycles. The maximum atomic E-state index is 12.3. The summed E-state index contributed by atoms with van der Waals surface area (Å²) in [6.45, 7) is 1.84. The number of carboxylic acid groups (broad SMARTS) is 1. The minimum Gasteiger partial charge on any atom is -0.480 e. The highest BCUT2D eigenvalue weighted by atomic mass is 32.2. The molecule has 0 fully saturated rings. The summed E-state index contributed by atoms with van der Waals surface area (Å²) in [6.07, 6.45) is 2.81. The van der Waals surface area contributed by atoms with Gasteiger partial charge in [0.2, 0.25) is 10.0 Å². The fourth-order valence-electron chi connectivity index (χ4n) is 2.85. The molecule has 1 N–H and O–H groups in total. The molecule has 0 amide bonds. The molecule has 2 heterocycles. The number of aryl methyl sites for hydroxylation is 2. The fourth-order valence-corrected chi connectivity index (χ4v) is 4.26. The van der Waals surface area contributed by atoms with E-state index in [9.17, 15) is 13.2 Å². The zero-order chi connectivity index (χ0) is 15.2. The Morgan fingerprint density at radius 3 is 2.81 bits per heavy atom. The van der Waals surface area contributed by atoms with Crippen LogP contribution in [0.25, 0.3) is 10.9 Å². The molecule has 0 bridgehead atoms. The number of aliphatic carboxylic acids is 1. The van der Waals surface area contributed by atoms with Crippen molar-refractivity contribution >= 4 is 32.6 Å². The number of nitrogens with zero attached hydrogens (tertiary/aromatic N) is 2. The standard InChI is InChI=1S/C14H16N2O4S/c1-2-10-8-15-6-7-21(19,20)16(9-13(17)18)12-5-3-4-11(10)14(12)15/h3-5,8H,2,6-7,9H2,1H3,(H,17,18). The molecule has 0 radical (unpaired) electrons. The monoisotopic (exact) mass is 308 g/mol. The van der Waals surface area contributed by atoms with Gasteiger partial charge in [0.05, 0.1) is 17.0 Å². The smallest absolute Gasteiger partial charge is 0.324 e. The van der Waals surface area contributed by atoms with E-state index >= 15 is 0 Å². The Morgan fingerprint density at radius 2 is 2.14 bits per heavy atom. The first-order valence-electron chi connectivity index (χ1n) is 6.77. The Morgan fingerprint density at radius 1 is 1.38 bits per heavy atom. The Labute approximate surface area is 122 Å². The number of carboxylic acids is 1. The summed E-state index contributed by atoms with van der Waals surface area (Å²) in [5.74, 6) is -1.26. The fraction of sp³-hybridized carbons (Fsp3) is 0.357. The van der Waals surface area contributed by atoms with E-state index in [2.05, 4.69) is 0 Å². The lowest BCUT2D eigenvalue weighted by Crippen LogP contribution is -2.37. The van der Waals surface area contributed by atoms with Crippen molar-refractivity contribution < 1.29 is 18.3 Å². The summed E-state index contributed by atoms with van der Waals surface area (Å²) in [4.78, 5) is 11.0. The van der Waals surface area contributed by atoms with Crippen LogP contribution < -0.4 is 4.31 Å². The molecule has 0 saturated heterocycles. The highest BCUT2D eigenvalue weighted by Crippen LogP contribution is 2.34. The van der Waals surface area contributed by atoms with Crippen LogP contribution in [-0.4, -0.2) is 36.4 Å². The van der Waals surface area contributed by atoms with Crippen molar-refractivity contribution in [1.82, 2.24) is 4.57 Å². The van der Waals surface area contributed by atoms with Gasteiger partial charge in [-0.2, -0.15) is 0 Å². The Bertz CT molecular complexity index is 823. The highest BCUT2D eigenvalue weighted by molar-refractivity contribution is 7.92. The number of rotatable bonds is 3. The molecule has 7 heteroatoms. The lowest BCUT2D eigenvalue weighted by Gasteiger charge is -2.21. The third-order valence-electron chi connectivity index (χ3n) is 3.81. The van der Waals surface area contributed by atoms with Crippen molar-refractivity contribution in [2.75, 3.05) is 16.6 Å². The van der Waals surface area contributed by atoms with Gasteiger partial charge in [0, 0.05) is 18.1 Å². The van der Waals surface area contributed by atoms with Crippen molar-refractivity contribution in [3.8, 4) is 0 Å². The van der Waals surface area contributed by atoms with Gasteiger partial charge in [-0.15, -0.1) is 0 Å². The zero-order valence-electron chi connectivity index (χ0n) is 11.6. The maximum absolute atomic E-state index is 12.3. The van der Waals surface area contributed by atoms with Crippen molar-refractivity contribution in [2.45, 2.75) is 19.9 Å². The molecule has 0 saturated carbocycles. The molecule has 3 rings (SSSR count). The van der Waals surface area contributed by atoms with E-state index in [0.717, 1.165) is 27.2 Å². The number of benzene rings is 1. The van der Waals surface area contributed by atoms with E-state index in [-0.39, 0.29) is 5.75 Å². The second kappa shape index (κ2) is 4.77. The number of hydrogen-bond donors (Lipinski definition) is 1.